The van der Waals surface area contributed by atoms with Gasteiger partial charge in [0.25, 0.3) is 0 Å². The Morgan fingerprint density at radius 3 is 2.38 bits per heavy atom. The van der Waals surface area contributed by atoms with Crippen LogP contribution in [0, 0.1) is 5.82 Å². The summed E-state index contributed by atoms with van der Waals surface area (Å²) in [6.45, 7) is 3.69. The smallest absolute Gasteiger partial charge is 0.206 e. The molecule has 0 radical (unpaired) electrons. The first-order valence-corrected chi connectivity index (χ1v) is 4.14. The zero-order valence-electron chi connectivity index (χ0n) is 8.00. The summed E-state index contributed by atoms with van der Waals surface area (Å²) >= 11 is 0. The van der Waals surface area contributed by atoms with E-state index in [9.17, 15) is 4.39 Å². The third-order valence-electron chi connectivity index (χ3n) is 1.51. The largest absolute Gasteiger partial charge is 0.494 e. The van der Waals surface area contributed by atoms with E-state index in [1.807, 2.05) is 13.8 Å². The Balaban J connectivity index is 2.94. The van der Waals surface area contributed by atoms with Gasteiger partial charge in [0.05, 0.1) is 13.2 Å². The van der Waals surface area contributed by atoms with Crippen molar-refractivity contribution in [1.82, 2.24) is 0 Å². The number of hydrogen-bond donors (Lipinski definition) is 0. The Hall–Kier alpha value is -1.25. The van der Waals surface area contributed by atoms with E-state index in [0.29, 0.717) is 0 Å². The first-order chi connectivity index (χ1) is 6.15. The van der Waals surface area contributed by atoms with Crippen LogP contribution in [0.1, 0.15) is 13.8 Å². The van der Waals surface area contributed by atoms with Gasteiger partial charge in [0.2, 0.25) is 5.82 Å². The number of methoxy groups -OCH3 is 1. The van der Waals surface area contributed by atoms with E-state index in [-0.39, 0.29) is 17.6 Å². The summed E-state index contributed by atoms with van der Waals surface area (Å²) < 4.78 is 23.4. The molecule has 0 unspecified atom stereocenters. The van der Waals surface area contributed by atoms with Crippen molar-refractivity contribution in [3.63, 3.8) is 0 Å². The van der Waals surface area contributed by atoms with Crippen LogP contribution in [0.15, 0.2) is 18.2 Å². The van der Waals surface area contributed by atoms with Gasteiger partial charge in [0, 0.05) is 0 Å². The summed E-state index contributed by atoms with van der Waals surface area (Å²) in [5, 5.41) is 0. The molecule has 0 saturated heterocycles. The standard InChI is InChI=1S/C10H13FO2/c1-7(2)13-9-6-4-5-8(12-3)10(9)11/h4-7H,1-3H3. The molecule has 0 aliphatic carbocycles. The highest BCUT2D eigenvalue weighted by molar-refractivity contribution is 5.35. The van der Waals surface area contributed by atoms with Gasteiger partial charge in [-0.2, -0.15) is 4.39 Å². The van der Waals surface area contributed by atoms with Crippen molar-refractivity contribution < 1.29 is 13.9 Å². The molecule has 0 bridgehead atoms. The Morgan fingerprint density at radius 1 is 1.23 bits per heavy atom. The van der Waals surface area contributed by atoms with Crippen LogP contribution in [0.5, 0.6) is 11.5 Å². The van der Waals surface area contributed by atoms with Crippen LogP contribution in [0.4, 0.5) is 4.39 Å². The molecule has 1 rings (SSSR count). The van der Waals surface area contributed by atoms with E-state index < -0.39 is 5.82 Å². The molecule has 0 aromatic heterocycles. The highest BCUT2D eigenvalue weighted by atomic mass is 19.1. The zero-order chi connectivity index (χ0) is 9.84. The van der Waals surface area contributed by atoms with Crippen LogP contribution in [-0.2, 0) is 0 Å². The van der Waals surface area contributed by atoms with Crippen molar-refractivity contribution >= 4 is 0 Å². The molecule has 0 amide bonds. The maximum absolute atomic E-state index is 13.4. The second-order valence-electron chi connectivity index (χ2n) is 2.94. The van der Waals surface area contributed by atoms with Gasteiger partial charge in [0.1, 0.15) is 0 Å². The minimum absolute atomic E-state index is 0.0402. The topological polar surface area (TPSA) is 18.5 Å². The molecule has 1 aromatic rings. The zero-order valence-corrected chi connectivity index (χ0v) is 8.00. The van der Waals surface area contributed by atoms with Crippen LogP contribution >= 0.6 is 0 Å². The molecular formula is C10H13FO2. The van der Waals surface area contributed by atoms with Gasteiger partial charge < -0.3 is 9.47 Å². The lowest BCUT2D eigenvalue weighted by Crippen LogP contribution is -2.07. The maximum atomic E-state index is 13.4. The van der Waals surface area contributed by atoms with Gasteiger partial charge in [-0.25, -0.2) is 0 Å². The molecule has 0 N–H and O–H groups in total. The SMILES string of the molecule is COc1cccc(OC(C)C)c1F. The van der Waals surface area contributed by atoms with Gasteiger partial charge in [-0.15, -0.1) is 0 Å². The molecule has 0 saturated carbocycles. The molecule has 72 valence electrons. The van der Waals surface area contributed by atoms with E-state index in [1.165, 1.54) is 7.11 Å². The normalized spacial score (nSPS) is 10.2. The predicted octanol–water partition coefficient (Wildman–Crippen LogP) is 2.62. The molecule has 0 heterocycles. The van der Waals surface area contributed by atoms with Gasteiger partial charge in [-0.05, 0) is 26.0 Å². The van der Waals surface area contributed by atoms with Crippen LogP contribution in [-0.4, -0.2) is 13.2 Å². The molecular weight excluding hydrogens is 171 g/mol. The minimum atomic E-state index is -0.446. The summed E-state index contributed by atoms with van der Waals surface area (Å²) in [7, 11) is 1.43. The molecule has 0 atom stereocenters. The Kier molecular flexibility index (Phi) is 3.12. The fourth-order valence-corrected chi connectivity index (χ4v) is 0.993. The summed E-state index contributed by atoms with van der Waals surface area (Å²) in [5.74, 6) is -0.00815. The average Bonchev–Trinajstić information content (AvgIpc) is 2.08. The second-order valence-corrected chi connectivity index (χ2v) is 2.94. The molecule has 3 heteroatoms. The first kappa shape index (κ1) is 9.84. The van der Waals surface area contributed by atoms with Gasteiger partial charge >= 0.3 is 0 Å². The van der Waals surface area contributed by atoms with Gasteiger partial charge in [-0.1, -0.05) is 6.07 Å². The van der Waals surface area contributed by atoms with E-state index in [2.05, 4.69) is 0 Å². The monoisotopic (exact) mass is 184 g/mol. The average molecular weight is 184 g/mol. The third-order valence-corrected chi connectivity index (χ3v) is 1.51. The van der Waals surface area contributed by atoms with Crippen molar-refractivity contribution in [2.75, 3.05) is 7.11 Å². The van der Waals surface area contributed by atoms with E-state index in [0.717, 1.165) is 0 Å². The fraction of sp³-hybridized carbons (Fsp3) is 0.400. The molecule has 13 heavy (non-hydrogen) atoms. The molecule has 2 nitrogen and oxygen atoms in total. The molecule has 0 aliphatic rings. The van der Waals surface area contributed by atoms with Crippen LogP contribution < -0.4 is 9.47 Å². The van der Waals surface area contributed by atoms with Gasteiger partial charge in [-0.3, -0.25) is 0 Å². The Bertz CT molecular complexity index is 284. The van der Waals surface area contributed by atoms with Crippen LogP contribution in [0.2, 0.25) is 0 Å². The number of halogens is 1. The van der Waals surface area contributed by atoms with Crippen LogP contribution in [0.25, 0.3) is 0 Å². The highest BCUT2D eigenvalue weighted by Gasteiger charge is 2.09. The van der Waals surface area contributed by atoms with Crippen molar-refractivity contribution in [1.29, 1.82) is 0 Å². The molecule has 0 aliphatic heterocycles. The van der Waals surface area contributed by atoms with E-state index in [4.69, 9.17) is 9.47 Å². The van der Waals surface area contributed by atoms with Gasteiger partial charge in [0.15, 0.2) is 11.5 Å². The lowest BCUT2D eigenvalue weighted by molar-refractivity contribution is 0.227. The fourth-order valence-electron chi connectivity index (χ4n) is 0.993. The quantitative estimate of drug-likeness (QED) is 0.718. The summed E-state index contributed by atoms with van der Waals surface area (Å²) in [4.78, 5) is 0. The maximum Gasteiger partial charge on any atom is 0.206 e. The van der Waals surface area contributed by atoms with Crippen molar-refractivity contribution in [3.8, 4) is 11.5 Å². The summed E-state index contributed by atoms with van der Waals surface area (Å²) in [6, 6.07) is 4.83. The summed E-state index contributed by atoms with van der Waals surface area (Å²) in [5.41, 5.74) is 0. The first-order valence-electron chi connectivity index (χ1n) is 4.14. The number of ether oxygens (including phenoxy) is 2. The Morgan fingerprint density at radius 2 is 1.85 bits per heavy atom. The predicted molar refractivity (Wildman–Crippen MR) is 48.7 cm³/mol. The minimum Gasteiger partial charge on any atom is -0.494 e. The Labute approximate surface area is 77.3 Å². The molecule has 0 fully saturated rings. The lowest BCUT2D eigenvalue weighted by atomic mass is 10.3. The second kappa shape index (κ2) is 4.12. The number of hydrogen-bond acceptors (Lipinski definition) is 2. The van der Waals surface area contributed by atoms with E-state index >= 15 is 0 Å². The number of rotatable bonds is 3. The highest BCUT2D eigenvalue weighted by Crippen LogP contribution is 2.26. The van der Waals surface area contributed by atoms with Crippen molar-refractivity contribution in [2.24, 2.45) is 0 Å². The number of benzene rings is 1. The van der Waals surface area contributed by atoms with Crippen LogP contribution in [0.3, 0.4) is 0 Å². The van der Waals surface area contributed by atoms with Crippen molar-refractivity contribution in [2.45, 2.75) is 20.0 Å². The lowest BCUT2D eigenvalue weighted by Gasteiger charge is -2.11. The summed E-state index contributed by atoms with van der Waals surface area (Å²) in [6.07, 6.45) is -0.0402. The molecule has 0 spiro atoms. The third kappa shape index (κ3) is 2.34. The van der Waals surface area contributed by atoms with E-state index in [1.54, 1.807) is 18.2 Å². The molecule has 1 aromatic carbocycles. The van der Waals surface area contributed by atoms with Crippen molar-refractivity contribution in [3.05, 3.63) is 24.0 Å².